The van der Waals surface area contributed by atoms with Crippen LogP contribution < -0.4 is 5.32 Å². The second-order valence-corrected chi connectivity index (χ2v) is 4.80. The quantitative estimate of drug-likeness (QED) is 0.687. The molecule has 0 aliphatic carbocycles. The van der Waals surface area contributed by atoms with Crippen LogP contribution in [0.1, 0.15) is 10.4 Å². The summed E-state index contributed by atoms with van der Waals surface area (Å²) < 4.78 is 13.6. The van der Waals surface area contributed by atoms with Gasteiger partial charge in [0.05, 0.1) is 22.2 Å². The summed E-state index contributed by atoms with van der Waals surface area (Å²) in [7, 11) is 0. The molecule has 19 heavy (non-hydrogen) atoms. The lowest BCUT2D eigenvalue weighted by Crippen LogP contribution is -2.00. The number of nitriles is 1. The van der Waals surface area contributed by atoms with E-state index in [0.717, 1.165) is 22.3 Å². The Kier molecular flexibility index (Phi) is 3.73. The standard InChI is InChI=1S/C12H8FN3O2S/c13-10-5-8(6-14)1-3-11(10)15-7-9-2-4-12(19-9)16(17)18/h1-5,15H,7H2. The molecule has 1 aromatic heterocycles. The van der Waals surface area contributed by atoms with Gasteiger partial charge in [-0.25, -0.2) is 4.39 Å². The van der Waals surface area contributed by atoms with Crippen molar-refractivity contribution >= 4 is 22.0 Å². The first-order valence-corrected chi connectivity index (χ1v) is 6.08. The van der Waals surface area contributed by atoms with E-state index in [-0.39, 0.29) is 16.3 Å². The van der Waals surface area contributed by atoms with Gasteiger partial charge in [0, 0.05) is 17.5 Å². The highest BCUT2D eigenvalue weighted by molar-refractivity contribution is 7.15. The second kappa shape index (κ2) is 5.46. The Morgan fingerprint density at radius 3 is 2.79 bits per heavy atom. The molecule has 1 aromatic carbocycles. The Morgan fingerprint density at radius 2 is 2.21 bits per heavy atom. The molecule has 0 radical (unpaired) electrons. The van der Waals surface area contributed by atoms with E-state index in [4.69, 9.17) is 5.26 Å². The average molecular weight is 277 g/mol. The fraction of sp³-hybridized carbons (Fsp3) is 0.0833. The molecule has 0 saturated carbocycles. The molecular weight excluding hydrogens is 269 g/mol. The molecule has 7 heteroatoms. The molecule has 0 spiro atoms. The number of thiophene rings is 1. The van der Waals surface area contributed by atoms with Crippen molar-refractivity contribution in [2.45, 2.75) is 6.54 Å². The van der Waals surface area contributed by atoms with Crippen LogP contribution in [0.3, 0.4) is 0 Å². The van der Waals surface area contributed by atoms with Crippen molar-refractivity contribution in [2.75, 3.05) is 5.32 Å². The highest BCUT2D eigenvalue weighted by Crippen LogP contribution is 2.25. The van der Waals surface area contributed by atoms with E-state index in [9.17, 15) is 14.5 Å². The second-order valence-electron chi connectivity index (χ2n) is 3.66. The lowest BCUT2D eigenvalue weighted by molar-refractivity contribution is -0.380. The number of halogens is 1. The largest absolute Gasteiger partial charge is 0.378 e. The summed E-state index contributed by atoms with van der Waals surface area (Å²) in [5.41, 5.74) is 0.505. The van der Waals surface area contributed by atoms with Gasteiger partial charge in [0.2, 0.25) is 0 Å². The van der Waals surface area contributed by atoms with E-state index in [0.29, 0.717) is 6.54 Å². The zero-order valence-electron chi connectivity index (χ0n) is 9.59. The zero-order chi connectivity index (χ0) is 13.8. The SMILES string of the molecule is N#Cc1ccc(NCc2ccc([N+](=O)[O-])s2)c(F)c1. The third kappa shape index (κ3) is 3.05. The summed E-state index contributed by atoms with van der Waals surface area (Å²) in [5.74, 6) is -0.523. The average Bonchev–Trinajstić information content (AvgIpc) is 2.86. The Balaban J connectivity index is 2.06. The van der Waals surface area contributed by atoms with Crippen molar-refractivity contribution in [2.24, 2.45) is 0 Å². The van der Waals surface area contributed by atoms with Gasteiger partial charge in [-0.15, -0.1) is 0 Å². The van der Waals surface area contributed by atoms with Crippen molar-refractivity contribution in [1.29, 1.82) is 5.26 Å². The van der Waals surface area contributed by atoms with Gasteiger partial charge in [0.15, 0.2) is 0 Å². The summed E-state index contributed by atoms with van der Waals surface area (Å²) in [6.45, 7) is 0.293. The molecule has 2 aromatic rings. The van der Waals surface area contributed by atoms with Crippen LogP contribution in [-0.2, 0) is 6.54 Å². The summed E-state index contributed by atoms with van der Waals surface area (Å²) in [4.78, 5) is 10.8. The number of nitrogens with zero attached hydrogens (tertiary/aromatic N) is 2. The monoisotopic (exact) mass is 277 g/mol. The number of nitrogens with one attached hydrogen (secondary N) is 1. The fourth-order valence-electron chi connectivity index (χ4n) is 1.47. The zero-order valence-corrected chi connectivity index (χ0v) is 10.4. The first kappa shape index (κ1) is 13.0. The predicted octanol–water partition coefficient (Wildman–Crippen LogP) is 3.28. The highest BCUT2D eigenvalue weighted by Gasteiger charge is 2.10. The molecule has 5 nitrogen and oxygen atoms in total. The minimum atomic E-state index is -0.523. The summed E-state index contributed by atoms with van der Waals surface area (Å²) in [5, 5.41) is 22.0. The molecule has 0 unspecified atom stereocenters. The van der Waals surface area contributed by atoms with Gasteiger partial charge >= 0.3 is 5.00 Å². The number of hydrogen-bond acceptors (Lipinski definition) is 5. The lowest BCUT2D eigenvalue weighted by atomic mass is 10.2. The van der Waals surface area contributed by atoms with Crippen molar-refractivity contribution in [1.82, 2.24) is 0 Å². The van der Waals surface area contributed by atoms with E-state index in [2.05, 4.69) is 5.32 Å². The maximum atomic E-state index is 13.6. The molecule has 0 saturated heterocycles. The molecule has 0 aliphatic rings. The van der Waals surface area contributed by atoms with E-state index in [1.807, 2.05) is 6.07 Å². The Bertz CT molecular complexity index is 663. The Labute approximate surface area is 112 Å². The molecule has 1 heterocycles. The van der Waals surface area contributed by atoms with Gasteiger partial charge in [-0.05, 0) is 24.3 Å². The van der Waals surface area contributed by atoms with Crippen molar-refractivity contribution < 1.29 is 9.31 Å². The van der Waals surface area contributed by atoms with Crippen LogP contribution in [0.2, 0.25) is 0 Å². The maximum absolute atomic E-state index is 13.6. The molecule has 1 N–H and O–H groups in total. The number of nitro groups is 1. The minimum absolute atomic E-state index is 0.0529. The van der Waals surface area contributed by atoms with Gasteiger partial charge in [-0.1, -0.05) is 11.3 Å². The van der Waals surface area contributed by atoms with E-state index in [1.165, 1.54) is 18.2 Å². The van der Waals surface area contributed by atoms with Crippen LogP contribution >= 0.6 is 11.3 Å². The van der Waals surface area contributed by atoms with E-state index < -0.39 is 10.7 Å². The summed E-state index contributed by atoms with van der Waals surface area (Å²) in [6.07, 6.45) is 0. The molecule has 0 fully saturated rings. The van der Waals surface area contributed by atoms with Crippen molar-refractivity contribution in [3.05, 3.63) is 56.7 Å². The third-order valence-electron chi connectivity index (χ3n) is 2.38. The first-order chi connectivity index (χ1) is 9.10. The number of anilines is 1. The molecule has 0 aliphatic heterocycles. The highest BCUT2D eigenvalue weighted by atomic mass is 32.1. The summed E-state index contributed by atoms with van der Waals surface area (Å²) >= 11 is 1.04. The maximum Gasteiger partial charge on any atom is 0.324 e. The van der Waals surface area contributed by atoms with Gasteiger partial charge < -0.3 is 5.32 Å². The Hall–Kier alpha value is -2.46. The van der Waals surface area contributed by atoms with E-state index in [1.54, 1.807) is 6.07 Å². The van der Waals surface area contributed by atoms with Crippen LogP contribution in [0.4, 0.5) is 15.1 Å². The lowest BCUT2D eigenvalue weighted by Gasteiger charge is -2.05. The number of hydrogen-bond donors (Lipinski definition) is 1. The van der Waals surface area contributed by atoms with Crippen molar-refractivity contribution in [3.8, 4) is 6.07 Å². The van der Waals surface area contributed by atoms with Gasteiger partial charge in [0.1, 0.15) is 5.82 Å². The summed E-state index contributed by atoms with van der Waals surface area (Å²) in [6, 6.07) is 8.99. The topological polar surface area (TPSA) is 79.0 Å². The molecular formula is C12H8FN3O2S. The van der Waals surface area contributed by atoms with Gasteiger partial charge in [0.25, 0.3) is 0 Å². The third-order valence-corrected chi connectivity index (χ3v) is 3.42. The molecule has 0 atom stereocenters. The molecule has 96 valence electrons. The molecule has 0 amide bonds. The van der Waals surface area contributed by atoms with Crippen LogP contribution in [-0.4, -0.2) is 4.92 Å². The fourth-order valence-corrected chi connectivity index (χ4v) is 2.23. The molecule has 0 bridgehead atoms. The first-order valence-electron chi connectivity index (χ1n) is 5.27. The Morgan fingerprint density at radius 1 is 1.42 bits per heavy atom. The molecule has 2 rings (SSSR count). The minimum Gasteiger partial charge on any atom is -0.378 e. The van der Waals surface area contributed by atoms with Gasteiger partial charge in [-0.2, -0.15) is 5.26 Å². The normalized spacial score (nSPS) is 9.89. The van der Waals surface area contributed by atoms with Crippen LogP contribution in [0.25, 0.3) is 0 Å². The number of benzene rings is 1. The van der Waals surface area contributed by atoms with Crippen molar-refractivity contribution in [3.63, 3.8) is 0 Å². The van der Waals surface area contributed by atoms with Crippen LogP contribution in [0.15, 0.2) is 30.3 Å². The number of rotatable bonds is 4. The smallest absolute Gasteiger partial charge is 0.324 e. The van der Waals surface area contributed by atoms with E-state index >= 15 is 0 Å². The van der Waals surface area contributed by atoms with Crippen LogP contribution in [0.5, 0.6) is 0 Å². The van der Waals surface area contributed by atoms with Crippen LogP contribution in [0, 0.1) is 27.3 Å². The van der Waals surface area contributed by atoms with Gasteiger partial charge in [-0.3, -0.25) is 10.1 Å². The predicted molar refractivity (Wildman–Crippen MR) is 69.4 cm³/mol.